The molecule has 0 aliphatic heterocycles. The smallest absolute Gasteiger partial charge is 0.338 e. The van der Waals surface area contributed by atoms with Crippen molar-refractivity contribution in [2.45, 2.75) is 26.5 Å². The van der Waals surface area contributed by atoms with Gasteiger partial charge in [-0.2, -0.15) is 0 Å². The average molecular weight is 251 g/mol. The van der Waals surface area contributed by atoms with Crippen molar-refractivity contribution in [1.29, 1.82) is 0 Å². The van der Waals surface area contributed by atoms with Crippen LogP contribution in [0.25, 0.3) is 0 Å². The maximum atomic E-state index is 11.5. The lowest BCUT2D eigenvalue weighted by atomic mass is 10.1. The molecule has 0 atom stereocenters. The summed E-state index contributed by atoms with van der Waals surface area (Å²) in [5.74, 6) is -0.300. The number of methoxy groups -OCH3 is 1. The number of rotatable bonds is 7. The first-order chi connectivity index (χ1) is 8.65. The number of carbonyl (C=O) groups is 1. The van der Waals surface area contributed by atoms with Crippen LogP contribution >= 0.6 is 0 Å². The van der Waals surface area contributed by atoms with Crippen LogP contribution < -0.4 is 5.32 Å². The highest BCUT2D eigenvalue weighted by Crippen LogP contribution is 2.09. The van der Waals surface area contributed by atoms with Gasteiger partial charge >= 0.3 is 5.97 Å². The van der Waals surface area contributed by atoms with E-state index < -0.39 is 0 Å². The Morgan fingerprint density at radius 1 is 1.33 bits per heavy atom. The highest BCUT2D eigenvalue weighted by Gasteiger charge is 2.09. The lowest BCUT2D eigenvalue weighted by Gasteiger charge is -2.10. The molecule has 0 saturated heterocycles. The number of benzene rings is 1. The van der Waals surface area contributed by atoms with Crippen LogP contribution in [-0.2, 0) is 16.0 Å². The third kappa shape index (κ3) is 4.85. The molecule has 1 rings (SSSR count). The summed E-state index contributed by atoms with van der Waals surface area (Å²) >= 11 is 0. The summed E-state index contributed by atoms with van der Waals surface area (Å²) in [6, 6.07) is 7.43. The van der Waals surface area contributed by atoms with E-state index in [1.165, 1.54) is 7.11 Å². The largest absolute Gasteiger partial charge is 0.465 e. The molecule has 4 heteroatoms. The monoisotopic (exact) mass is 251 g/mol. The van der Waals surface area contributed by atoms with E-state index in [0.29, 0.717) is 18.7 Å². The van der Waals surface area contributed by atoms with Gasteiger partial charge in [-0.3, -0.25) is 0 Å². The van der Waals surface area contributed by atoms with Crippen molar-refractivity contribution >= 4 is 5.97 Å². The zero-order valence-electron chi connectivity index (χ0n) is 11.2. The van der Waals surface area contributed by atoms with Crippen molar-refractivity contribution in [2.75, 3.05) is 20.3 Å². The molecule has 1 aromatic carbocycles. The van der Waals surface area contributed by atoms with E-state index in [1.54, 1.807) is 6.07 Å². The number of carbonyl (C=O) groups excluding carboxylic acids is 1. The SMILES string of the molecule is COC(=O)c1ccccc1CNCCOC(C)C. The minimum Gasteiger partial charge on any atom is -0.465 e. The van der Waals surface area contributed by atoms with Crippen LogP contribution in [0.15, 0.2) is 24.3 Å². The van der Waals surface area contributed by atoms with Crippen molar-refractivity contribution in [3.05, 3.63) is 35.4 Å². The third-order valence-electron chi connectivity index (χ3n) is 2.47. The van der Waals surface area contributed by atoms with Gasteiger partial charge in [0, 0.05) is 13.1 Å². The second-order valence-corrected chi connectivity index (χ2v) is 4.25. The molecule has 0 aromatic heterocycles. The molecule has 0 bridgehead atoms. The lowest BCUT2D eigenvalue weighted by Crippen LogP contribution is -2.22. The predicted molar refractivity (Wildman–Crippen MR) is 70.6 cm³/mol. The summed E-state index contributed by atoms with van der Waals surface area (Å²) in [5.41, 5.74) is 1.55. The van der Waals surface area contributed by atoms with Gasteiger partial charge in [-0.05, 0) is 25.5 Å². The van der Waals surface area contributed by atoms with Gasteiger partial charge < -0.3 is 14.8 Å². The summed E-state index contributed by atoms with van der Waals surface area (Å²) in [6.45, 7) is 6.07. The Balaban J connectivity index is 2.44. The Hall–Kier alpha value is -1.39. The third-order valence-corrected chi connectivity index (χ3v) is 2.47. The van der Waals surface area contributed by atoms with Crippen LogP contribution in [-0.4, -0.2) is 32.3 Å². The van der Waals surface area contributed by atoms with Gasteiger partial charge in [-0.1, -0.05) is 18.2 Å². The van der Waals surface area contributed by atoms with Crippen LogP contribution in [0.5, 0.6) is 0 Å². The molecule has 0 fully saturated rings. The molecule has 0 spiro atoms. The number of hydrogen-bond donors (Lipinski definition) is 1. The summed E-state index contributed by atoms with van der Waals surface area (Å²) in [7, 11) is 1.39. The van der Waals surface area contributed by atoms with Gasteiger partial charge in [0.15, 0.2) is 0 Å². The first kappa shape index (κ1) is 14.7. The fraction of sp³-hybridized carbons (Fsp3) is 0.500. The standard InChI is InChI=1S/C14H21NO3/c1-11(2)18-9-8-15-10-12-6-4-5-7-13(12)14(16)17-3/h4-7,11,15H,8-10H2,1-3H3. The van der Waals surface area contributed by atoms with Crippen molar-refractivity contribution in [2.24, 2.45) is 0 Å². The fourth-order valence-electron chi connectivity index (χ4n) is 1.57. The van der Waals surface area contributed by atoms with Gasteiger partial charge in [0.1, 0.15) is 0 Å². The minimum atomic E-state index is -0.300. The normalized spacial score (nSPS) is 10.7. The molecule has 0 saturated carbocycles. The summed E-state index contributed by atoms with van der Waals surface area (Å²) in [5, 5.41) is 3.24. The molecule has 100 valence electrons. The quantitative estimate of drug-likeness (QED) is 0.594. The molecule has 0 aliphatic rings. The predicted octanol–water partition coefficient (Wildman–Crippen LogP) is 1.99. The molecule has 18 heavy (non-hydrogen) atoms. The van der Waals surface area contributed by atoms with Gasteiger partial charge in [-0.25, -0.2) is 4.79 Å². The van der Waals surface area contributed by atoms with Crippen LogP contribution in [0.1, 0.15) is 29.8 Å². The van der Waals surface area contributed by atoms with E-state index in [1.807, 2.05) is 32.0 Å². The van der Waals surface area contributed by atoms with Gasteiger partial charge in [0.2, 0.25) is 0 Å². The highest BCUT2D eigenvalue weighted by molar-refractivity contribution is 5.90. The summed E-state index contributed by atoms with van der Waals surface area (Å²) < 4.78 is 10.2. The molecule has 0 unspecified atom stereocenters. The lowest BCUT2D eigenvalue weighted by molar-refractivity contribution is 0.0599. The Morgan fingerprint density at radius 3 is 2.72 bits per heavy atom. The second kappa shape index (κ2) is 7.84. The molecule has 0 aliphatic carbocycles. The van der Waals surface area contributed by atoms with Crippen molar-refractivity contribution in [3.63, 3.8) is 0 Å². The summed E-state index contributed by atoms with van der Waals surface area (Å²) in [4.78, 5) is 11.5. The van der Waals surface area contributed by atoms with Crippen molar-refractivity contribution < 1.29 is 14.3 Å². The van der Waals surface area contributed by atoms with Crippen LogP contribution in [0.2, 0.25) is 0 Å². The van der Waals surface area contributed by atoms with E-state index in [4.69, 9.17) is 9.47 Å². The molecule has 0 amide bonds. The second-order valence-electron chi connectivity index (χ2n) is 4.25. The van der Waals surface area contributed by atoms with E-state index in [9.17, 15) is 4.79 Å². The van der Waals surface area contributed by atoms with Gasteiger partial charge in [0.25, 0.3) is 0 Å². The van der Waals surface area contributed by atoms with E-state index in [2.05, 4.69) is 5.32 Å². The number of nitrogens with one attached hydrogen (secondary N) is 1. The summed E-state index contributed by atoms with van der Waals surface area (Å²) in [6.07, 6.45) is 0.245. The van der Waals surface area contributed by atoms with Crippen LogP contribution in [0.4, 0.5) is 0 Å². The average Bonchev–Trinajstić information content (AvgIpc) is 2.37. The zero-order valence-corrected chi connectivity index (χ0v) is 11.2. The van der Waals surface area contributed by atoms with Crippen molar-refractivity contribution in [3.8, 4) is 0 Å². The highest BCUT2D eigenvalue weighted by atomic mass is 16.5. The van der Waals surface area contributed by atoms with Crippen LogP contribution in [0.3, 0.4) is 0 Å². The molecule has 1 aromatic rings. The number of esters is 1. The van der Waals surface area contributed by atoms with Gasteiger partial charge in [-0.15, -0.1) is 0 Å². The van der Waals surface area contributed by atoms with Gasteiger partial charge in [0.05, 0.1) is 25.4 Å². The van der Waals surface area contributed by atoms with Crippen molar-refractivity contribution in [1.82, 2.24) is 5.32 Å². The number of ether oxygens (including phenoxy) is 2. The Morgan fingerprint density at radius 2 is 2.06 bits per heavy atom. The first-order valence-corrected chi connectivity index (χ1v) is 6.13. The van der Waals surface area contributed by atoms with E-state index in [0.717, 1.165) is 12.1 Å². The maximum absolute atomic E-state index is 11.5. The molecular weight excluding hydrogens is 230 g/mol. The molecular formula is C14H21NO3. The molecule has 1 N–H and O–H groups in total. The maximum Gasteiger partial charge on any atom is 0.338 e. The fourth-order valence-corrected chi connectivity index (χ4v) is 1.57. The minimum absolute atomic E-state index is 0.245. The van der Waals surface area contributed by atoms with E-state index >= 15 is 0 Å². The van der Waals surface area contributed by atoms with E-state index in [-0.39, 0.29) is 12.1 Å². The molecule has 0 heterocycles. The zero-order chi connectivity index (χ0) is 13.4. The Labute approximate surface area is 108 Å². The Kier molecular flexibility index (Phi) is 6.39. The molecule has 0 radical (unpaired) electrons. The molecule has 4 nitrogen and oxygen atoms in total. The number of hydrogen-bond acceptors (Lipinski definition) is 4. The Bertz CT molecular complexity index is 377. The topological polar surface area (TPSA) is 47.6 Å². The first-order valence-electron chi connectivity index (χ1n) is 6.13. The van der Waals surface area contributed by atoms with Crippen LogP contribution in [0, 0.1) is 0 Å².